The average molecular weight is 296 g/mol. The van der Waals surface area contributed by atoms with Crippen LogP contribution in [0.15, 0.2) is 61.1 Å². The largest absolute Gasteiger partial charge is 0.348 e. The molecule has 0 radical (unpaired) electrons. The Hall–Kier alpha value is -3.02. The summed E-state index contributed by atoms with van der Waals surface area (Å²) in [6.45, 7) is 0.282. The Bertz CT molecular complexity index is 786. The van der Waals surface area contributed by atoms with Crippen LogP contribution in [0, 0.1) is 5.82 Å². The third-order valence-electron chi connectivity index (χ3n) is 3.12. The highest BCUT2D eigenvalue weighted by molar-refractivity contribution is 5.94. The maximum absolute atomic E-state index is 13.5. The van der Waals surface area contributed by atoms with Crippen molar-refractivity contribution in [3.63, 3.8) is 0 Å². The number of rotatable bonds is 4. The second-order valence-corrected chi connectivity index (χ2v) is 4.64. The van der Waals surface area contributed by atoms with E-state index >= 15 is 0 Å². The summed E-state index contributed by atoms with van der Waals surface area (Å²) in [6.07, 6.45) is 5.08. The minimum Gasteiger partial charge on any atom is -0.348 e. The van der Waals surface area contributed by atoms with Gasteiger partial charge in [0.05, 0.1) is 5.56 Å². The number of nitrogens with zero attached hydrogens (tertiary/aromatic N) is 3. The number of pyridine rings is 1. The quantitative estimate of drug-likeness (QED) is 0.804. The van der Waals surface area contributed by atoms with E-state index in [1.165, 1.54) is 12.1 Å². The van der Waals surface area contributed by atoms with Gasteiger partial charge in [-0.3, -0.25) is 4.79 Å². The number of hydrogen-bond acceptors (Lipinski definition) is 3. The zero-order chi connectivity index (χ0) is 15.4. The summed E-state index contributed by atoms with van der Waals surface area (Å²) in [5, 5.41) is 6.79. The Kier molecular flexibility index (Phi) is 3.91. The van der Waals surface area contributed by atoms with E-state index < -0.39 is 11.7 Å². The van der Waals surface area contributed by atoms with E-state index in [2.05, 4.69) is 15.4 Å². The number of benzene rings is 1. The highest BCUT2D eigenvalue weighted by atomic mass is 19.1. The maximum Gasteiger partial charge on any atom is 0.254 e. The summed E-state index contributed by atoms with van der Waals surface area (Å²) < 4.78 is 15.2. The summed E-state index contributed by atoms with van der Waals surface area (Å²) >= 11 is 0. The van der Waals surface area contributed by atoms with Crippen LogP contribution in [0.25, 0.3) is 5.82 Å². The predicted molar refractivity (Wildman–Crippen MR) is 78.9 cm³/mol. The summed E-state index contributed by atoms with van der Waals surface area (Å²) in [7, 11) is 0. The second-order valence-electron chi connectivity index (χ2n) is 4.64. The van der Waals surface area contributed by atoms with Gasteiger partial charge in [-0.15, -0.1) is 0 Å². The molecule has 5 nitrogen and oxygen atoms in total. The summed E-state index contributed by atoms with van der Waals surface area (Å²) in [6, 6.07) is 11.3. The molecule has 110 valence electrons. The average Bonchev–Trinajstić information content (AvgIpc) is 3.08. The molecule has 1 N–H and O–H groups in total. The van der Waals surface area contributed by atoms with Crippen molar-refractivity contribution in [3.8, 4) is 5.82 Å². The third kappa shape index (κ3) is 3.01. The van der Waals surface area contributed by atoms with Crippen LogP contribution in [0.5, 0.6) is 0 Å². The smallest absolute Gasteiger partial charge is 0.254 e. The monoisotopic (exact) mass is 296 g/mol. The van der Waals surface area contributed by atoms with Crippen LogP contribution in [0.3, 0.4) is 0 Å². The minimum absolute atomic E-state index is 0.0313. The summed E-state index contributed by atoms with van der Waals surface area (Å²) in [5.74, 6) is -0.329. The zero-order valence-electron chi connectivity index (χ0n) is 11.6. The first-order chi connectivity index (χ1) is 10.7. The van der Waals surface area contributed by atoms with Crippen molar-refractivity contribution in [2.24, 2.45) is 0 Å². The number of aromatic nitrogens is 3. The van der Waals surface area contributed by atoms with Gasteiger partial charge in [0.2, 0.25) is 0 Å². The van der Waals surface area contributed by atoms with Crippen molar-refractivity contribution >= 4 is 5.91 Å². The molecule has 3 aromatic rings. The van der Waals surface area contributed by atoms with Crippen molar-refractivity contribution in [1.82, 2.24) is 20.1 Å². The van der Waals surface area contributed by atoms with E-state index in [1.807, 2.05) is 6.07 Å². The number of amides is 1. The molecule has 0 atom stereocenters. The fraction of sp³-hybridized carbons (Fsp3) is 0.0625. The Morgan fingerprint density at radius 1 is 1.18 bits per heavy atom. The van der Waals surface area contributed by atoms with Crippen molar-refractivity contribution in [1.29, 1.82) is 0 Å². The van der Waals surface area contributed by atoms with E-state index in [4.69, 9.17) is 0 Å². The normalized spacial score (nSPS) is 10.4. The van der Waals surface area contributed by atoms with Crippen LogP contribution in [0.1, 0.15) is 15.9 Å². The molecule has 3 rings (SSSR count). The van der Waals surface area contributed by atoms with E-state index in [0.29, 0.717) is 5.82 Å². The zero-order valence-corrected chi connectivity index (χ0v) is 11.6. The Balaban J connectivity index is 1.71. The lowest BCUT2D eigenvalue weighted by atomic mass is 10.2. The molecule has 0 spiro atoms. The van der Waals surface area contributed by atoms with Crippen LogP contribution >= 0.6 is 0 Å². The third-order valence-corrected chi connectivity index (χ3v) is 3.12. The van der Waals surface area contributed by atoms with Gasteiger partial charge in [-0.05, 0) is 35.9 Å². The van der Waals surface area contributed by atoms with E-state index in [0.717, 1.165) is 5.56 Å². The lowest BCUT2D eigenvalue weighted by Gasteiger charge is -2.07. The standard InChI is InChI=1S/C16H13FN4O/c17-14-5-2-1-4-13(14)16(22)19-11-12-6-8-18-15(10-12)21-9-3-7-20-21/h1-10H,11H2,(H,19,22). The topological polar surface area (TPSA) is 59.8 Å². The molecule has 1 amide bonds. The van der Waals surface area contributed by atoms with Crippen LogP contribution < -0.4 is 5.32 Å². The molecule has 0 aliphatic carbocycles. The first-order valence-corrected chi connectivity index (χ1v) is 6.72. The van der Waals surface area contributed by atoms with Gasteiger partial charge in [-0.25, -0.2) is 14.1 Å². The van der Waals surface area contributed by atoms with Crippen LogP contribution in [0.4, 0.5) is 4.39 Å². The lowest BCUT2D eigenvalue weighted by molar-refractivity contribution is 0.0947. The van der Waals surface area contributed by atoms with Crippen molar-refractivity contribution < 1.29 is 9.18 Å². The van der Waals surface area contributed by atoms with Gasteiger partial charge < -0.3 is 5.32 Å². The number of hydrogen-bond donors (Lipinski definition) is 1. The van der Waals surface area contributed by atoms with Gasteiger partial charge in [-0.1, -0.05) is 12.1 Å². The molecule has 6 heteroatoms. The predicted octanol–water partition coefficient (Wildman–Crippen LogP) is 2.34. The number of nitrogens with one attached hydrogen (secondary N) is 1. The fourth-order valence-electron chi connectivity index (χ4n) is 2.02. The SMILES string of the molecule is O=C(NCc1ccnc(-n2cccn2)c1)c1ccccc1F. The van der Waals surface area contributed by atoms with E-state index in [1.54, 1.807) is 47.5 Å². The highest BCUT2D eigenvalue weighted by Crippen LogP contribution is 2.08. The molecule has 0 aliphatic rings. The van der Waals surface area contributed by atoms with E-state index in [9.17, 15) is 9.18 Å². The Labute approximate surface area is 126 Å². The molecule has 0 unspecified atom stereocenters. The van der Waals surface area contributed by atoms with Gasteiger partial charge in [0.1, 0.15) is 5.82 Å². The first kappa shape index (κ1) is 13.9. The molecule has 2 heterocycles. The highest BCUT2D eigenvalue weighted by Gasteiger charge is 2.10. The molecular formula is C16H13FN4O. The van der Waals surface area contributed by atoms with Crippen LogP contribution in [-0.4, -0.2) is 20.7 Å². The second kappa shape index (κ2) is 6.17. The molecule has 0 fully saturated rings. The van der Waals surface area contributed by atoms with Gasteiger partial charge >= 0.3 is 0 Å². The van der Waals surface area contributed by atoms with Gasteiger partial charge in [0, 0.05) is 25.1 Å². The Morgan fingerprint density at radius 2 is 2.05 bits per heavy atom. The summed E-state index contributed by atoms with van der Waals surface area (Å²) in [5.41, 5.74) is 0.883. The molecule has 2 aromatic heterocycles. The maximum atomic E-state index is 13.5. The van der Waals surface area contributed by atoms with Crippen LogP contribution in [0.2, 0.25) is 0 Å². The van der Waals surface area contributed by atoms with Gasteiger partial charge in [0.15, 0.2) is 5.82 Å². The number of halogens is 1. The molecule has 0 saturated heterocycles. The molecule has 0 saturated carbocycles. The molecule has 0 bridgehead atoms. The fourth-order valence-corrected chi connectivity index (χ4v) is 2.02. The van der Waals surface area contributed by atoms with Crippen molar-refractivity contribution in [2.45, 2.75) is 6.54 Å². The number of carbonyl (C=O) groups is 1. The summed E-state index contributed by atoms with van der Waals surface area (Å²) in [4.78, 5) is 16.2. The van der Waals surface area contributed by atoms with Crippen molar-refractivity contribution in [3.05, 3.63) is 78.0 Å². The van der Waals surface area contributed by atoms with Crippen molar-refractivity contribution in [2.75, 3.05) is 0 Å². The molecule has 1 aromatic carbocycles. The molecule has 22 heavy (non-hydrogen) atoms. The van der Waals surface area contributed by atoms with Gasteiger partial charge in [0.25, 0.3) is 5.91 Å². The number of carbonyl (C=O) groups excluding carboxylic acids is 1. The van der Waals surface area contributed by atoms with Crippen LogP contribution in [-0.2, 0) is 6.54 Å². The Morgan fingerprint density at radius 3 is 2.82 bits per heavy atom. The van der Waals surface area contributed by atoms with E-state index in [-0.39, 0.29) is 12.1 Å². The lowest BCUT2D eigenvalue weighted by Crippen LogP contribution is -2.23. The molecule has 0 aliphatic heterocycles. The first-order valence-electron chi connectivity index (χ1n) is 6.72. The minimum atomic E-state index is -0.535. The van der Waals surface area contributed by atoms with Gasteiger partial charge in [-0.2, -0.15) is 5.10 Å². The molecular weight excluding hydrogens is 283 g/mol.